The van der Waals surface area contributed by atoms with Crippen LogP contribution < -0.4 is 14.2 Å². The molecule has 0 N–H and O–H groups in total. The summed E-state index contributed by atoms with van der Waals surface area (Å²) in [5.74, 6) is 2.49. The molecule has 2 aromatic rings. The van der Waals surface area contributed by atoms with Crippen LogP contribution in [0.1, 0.15) is 47.2 Å². The van der Waals surface area contributed by atoms with Crippen LogP contribution in [0.5, 0.6) is 17.2 Å². The average molecular weight is 379 g/mol. The number of ether oxygens (including phenoxy) is 3. The quantitative estimate of drug-likeness (QED) is 0.793. The normalized spacial score (nSPS) is 19.4. The van der Waals surface area contributed by atoms with E-state index in [1.165, 1.54) is 24.0 Å². The van der Waals surface area contributed by atoms with E-state index in [9.17, 15) is 4.79 Å². The van der Waals surface area contributed by atoms with E-state index >= 15 is 0 Å². The predicted molar refractivity (Wildman–Crippen MR) is 105 cm³/mol. The van der Waals surface area contributed by atoms with Gasteiger partial charge in [-0.25, -0.2) is 0 Å². The van der Waals surface area contributed by atoms with E-state index in [-0.39, 0.29) is 11.3 Å². The molecule has 0 aromatic heterocycles. The number of nitrogens with zero attached hydrogens (tertiary/aromatic N) is 1. The molecule has 5 rings (SSSR count). The summed E-state index contributed by atoms with van der Waals surface area (Å²) in [5.41, 5.74) is 3.29. The Balaban J connectivity index is 1.51. The average Bonchev–Trinajstić information content (AvgIpc) is 3.21. The van der Waals surface area contributed by atoms with Crippen molar-refractivity contribution in [2.24, 2.45) is 0 Å². The molecule has 1 fully saturated rings. The molecule has 1 aliphatic carbocycles. The first-order chi connectivity index (χ1) is 13.7. The maximum absolute atomic E-state index is 13.3. The minimum Gasteiger partial charge on any atom is -0.497 e. The Hall–Kier alpha value is -2.69. The smallest absolute Gasteiger partial charge is 0.254 e. The van der Waals surface area contributed by atoms with Gasteiger partial charge in [0, 0.05) is 24.1 Å². The van der Waals surface area contributed by atoms with Gasteiger partial charge in [-0.15, -0.1) is 0 Å². The lowest BCUT2D eigenvalue weighted by Crippen LogP contribution is -2.46. The summed E-state index contributed by atoms with van der Waals surface area (Å²) < 4.78 is 16.9. The Labute approximate surface area is 165 Å². The van der Waals surface area contributed by atoms with Crippen LogP contribution in [-0.2, 0) is 12.0 Å². The highest BCUT2D eigenvalue weighted by molar-refractivity contribution is 5.94. The van der Waals surface area contributed by atoms with Crippen LogP contribution >= 0.6 is 0 Å². The van der Waals surface area contributed by atoms with E-state index in [0.717, 1.165) is 36.6 Å². The number of carbonyl (C=O) groups is 1. The number of amides is 1. The van der Waals surface area contributed by atoms with Gasteiger partial charge in [0.25, 0.3) is 5.91 Å². The fraction of sp³-hybridized carbons (Fsp3) is 0.435. The van der Waals surface area contributed by atoms with Crippen LogP contribution in [0.3, 0.4) is 0 Å². The molecule has 2 heterocycles. The Morgan fingerprint density at radius 2 is 1.71 bits per heavy atom. The number of methoxy groups -OCH3 is 1. The van der Waals surface area contributed by atoms with E-state index in [2.05, 4.69) is 12.1 Å². The molecule has 2 aromatic carbocycles. The zero-order valence-electron chi connectivity index (χ0n) is 16.2. The minimum absolute atomic E-state index is 0.0333. The SMILES string of the molecule is COc1ccc(C(=O)N2Cc3cc4c(cc3C3(CCCC3)C2)OCCO4)cc1. The molecule has 5 nitrogen and oxygen atoms in total. The summed E-state index contributed by atoms with van der Waals surface area (Å²) in [6.07, 6.45) is 4.65. The summed E-state index contributed by atoms with van der Waals surface area (Å²) in [5, 5.41) is 0. The monoisotopic (exact) mass is 379 g/mol. The Bertz CT molecular complexity index is 900. The van der Waals surface area contributed by atoms with Crippen molar-refractivity contribution in [3.8, 4) is 17.2 Å². The van der Waals surface area contributed by atoms with Crippen molar-refractivity contribution in [3.63, 3.8) is 0 Å². The molecule has 2 aliphatic heterocycles. The van der Waals surface area contributed by atoms with E-state index in [0.29, 0.717) is 25.3 Å². The number of hydrogen-bond acceptors (Lipinski definition) is 4. The van der Waals surface area contributed by atoms with Gasteiger partial charge in [0.2, 0.25) is 0 Å². The first-order valence-electron chi connectivity index (χ1n) is 10.0. The van der Waals surface area contributed by atoms with Gasteiger partial charge < -0.3 is 19.1 Å². The second-order valence-corrected chi connectivity index (χ2v) is 8.03. The lowest BCUT2D eigenvalue weighted by Gasteiger charge is -2.43. The molecular weight excluding hydrogens is 354 g/mol. The van der Waals surface area contributed by atoms with Gasteiger partial charge in [0.1, 0.15) is 19.0 Å². The van der Waals surface area contributed by atoms with Crippen LogP contribution in [0.4, 0.5) is 0 Å². The molecule has 0 unspecified atom stereocenters. The first-order valence-corrected chi connectivity index (χ1v) is 10.0. The molecule has 28 heavy (non-hydrogen) atoms. The van der Waals surface area contributed by atoms with E-state index < -0.39 is 0 Å². The lowest BCUT2D eigenvalue weighted by atomic mass is 9.73. The summed E-state index contributed by atoms with van der Waals surface area (Å²) in [6, 6.07) is 11.7. The predicted octanol–water partition coefficient (Wildman–Crippen LogP) is 3.93. The maximum Gasteiger partial charge on any atom is 0.254 e. The third-order valence-electron chi connectivity index (χ3n) is 6.38. The van der Waals surface area contributed by atoms with Gasteiger partial charge in [0.15, 0.2) is 11.5 Å². The highest BCUT2D eigenvalue weighted by Crippen LogP contribution is 2.49. The molecule has 1 amide bonds. The third-order valence-corrected chi connectivity index (χ3v) is 6.38. The summed E-state index contributed by atoms with van der Waals surface area (Å²) in [7, 11) is 1.63. The lowest BCUT2D eigenvalue weighted by molar-refractivity contribution is 0.0669. The molecular formula is C23H25NO4. The number of rotatable bonds is 2. The third kappa shape index (κ3) is 2.81. The Morgan fingerprint density at radius 1 is 1.04 bits per heavy atom. The number of carbonyl (C=O) groups excluding carboxylic acids is 1. The Morgan fingerprint density at radius 3 is 2.39 bits per heavy atom. The fourth-order valence-electron chi connectivity index (χ4n) is 5.01. The number of fused-ring (bicyclic) bond motifs is 3. The fourth-order valence-corrected chi connectivity index (χ4v) is 5.01. The van der Waals surface area contributed by atoms with Gasteiger partial charge in [0.05, 0.1) is 7.11 Å². The van der Waals surface area contributed by atoms with Gasteiger partial charge in [-0.1, -0.05) is 12.8 Å². The molecule has 3 aliphatic rings. The standard InChI is InChI=1S/C23H25NO4/c1-26-18-6-4-16(5-7-18)22(25)24-14-17-12-20-21(28-11-10-27-20)13-19(17)23(15-24)8-2-3-9-23/h4-7,12-13H,2-3,8-11,14-15H2,1H3. The van der Waals surface area contributed by atoms with Crippen molar-refractivity contribution >= 4 is 5.91 Å². The molecule has 1 saturated carbocycles. The molecule has 0 saturated heterocycles. The maximum atomic E-state index is 13.3. The van der Waals surface area contributed by atoms with Crippen molar-refractivity contribution in [2.45, 2.75) is 37.6 Å². The summed E-state index contributed by atoms with van der Waals surface area (Å²) in [4.78, 5) is 15.3. The minimum atomic E-state index is 0.0333. The second kappa shape index (κ2) is 6.73. The summed E-state index contributed by atoms with van der Waals surface area (Å²) >= 11 is 0. The highest BCUT2D eigenvalue weighted by atomic mass is 16.6. The van der Waals surface area contributed by atoms with Crippen LogP contribution in [0.25, 0.3) is 0 Å². The zero-order valence-corrected chi connectivity index (χ0v) is 16.2. The van der Waals surface area contributed by atoms with E-state index in [1.54, 1.807) is 7.11 Å². The number of benzene rings is 2. The van der Waals surface area contributed by atoms with Crippen LogP contribution in [-0.4, -0.2) is 37.7 Å². The van der Waals surface area contributed by atoms with Crippen molar-refractivity contribution in [3.05, 3.63) is 53.1 Å². The molecule has 5 heteroatoms. The summed E-state index contributed by atoms with van der Waals surface area (Å²) in [6.45, 7) is 2.55. The van der Waals surface area contributed by atoms with Gasteiger partial charge in [-0.3, -0.25) is 4.79 Å². The first kappa shape index (κ1) is 17.4. The molecule has 0 radical (unpaired) electrons. The molecule has 146 valence electrons. The van der Waals surface area contributed by atoms with Gasteiger partial charge in [-0.05, 0) is 60.4 Å². The van der Waals surface area contributed by atoms with Crippen LogP contribution in [0.15, 0.2) is 36.4 Å². The molecule has 0 bridgehead atoms. The van der Waals surface area contributed by atoms with Crippen molar-refractivity contribution in [1.82, 2.24) is 4.90 Å². The number of hydrogen-bond donors (Lipinski definition) is 0. The van der Waals surface area contributed by atoms with Gasteiger partial charge >= 0.3 is 0 Å². The Kier molecular flexibility index (Phi) is 4.18. The van der Waals surface area contributed by atoms with Gasteiger partial charge in [-0.2, -0.15) is 0 Å². The van der Waals surface area contributed by atoms with Crippen molar-refractivity contribution in [1.29, 1.82) is 0 Å². The zero-order chi connectivity index (χ0) is 19.1. The largest absolute Gasteiger partial charge is 0.497 e. The van der Waals surface area contributed by atoms with E-state index in [1.807, 2.05) is 29.2 Å². The van der Waals surface area contributed by atoms with Crippen molar-refractivity contribution < 1.29 is 19.0 Å². The topological polar surface area (TPSA) is 48.0 Å². The highest BCUT2D eigenvalue weighted by Gasteiger charge is 2.44. The van der Waals surface area contributed by atoms with Crippen LogP contribution in [0, 0.1) is 0 Å². The van der Waals surface area contributed by atoms with E-state index in [4.69, 9.17) is 14.2 Å². The molecule has 1 spiro atoms. The second-order valence-electron chi connectivity index (χ2n) is 8.03. The van der Waals surface area contributed by atoms with Crippen LogP contribution in [0.2, 0.25) is 0 Å². The molecule has 0 atom stereocenters. The van der Waals surface area contributed by atoms with Crippen molar-refractivity contribution in [2.75, 3.05) is 26.9 Å².